The van der Waals surface area contributed by atoms with E-state index in [9.17, 15) is 4.79 Å². The van der Waals surface area contributed by atoms with Crippen molar-refractivity contribution < 1.29 is 14.6 Å². The van der Waals surface area contributed by atoms with E-state index in [0.717, 1.165) is 11.0 Å². The van der Waals surface area contributed by atoms with Crippen LogP contribution < -0.4 is 5.32 Å². The second kappa shape index (κ2) is 6.86. The number of imidazole rings is 1. The van der Waals surface area contributed by atoms with E-state index in [-0.39, 0.29) is 19.1 Å². The molecule has 0 saturated heterocycles. The first-order valence-electron chi connectivity index (χ1n) is 6.16. The van der Waals surface area contributed by atoms with Gasteiger partial charge >= 0.3 is 0 Å². The molecule has 0 atom stereocenters. The second-order valence-electron chi connectivity index (χ2n) is 4.05. The van der Waals surface area contributed by atoms with Gasteiger partial charge in [0.25, 0.3) is 0 Å². The van der Waals surface area contributed by atoms with E-state index in [1.54, 1.807) is 10.9 Å². The molecular formula is C13H17N3O3. The van der Waals surface area contributed by atoms with Crippen molar-refractivity contribution in [1.82, 2.24) is 14.9 Å². The maximum absolute atomic E-state index is 11.7. The molecule has 6 heteroatoms. The van der Waals surface area contributed by atoms with Crippen LogP contribution in [0.1, 0.15) is 0 Å². The van der Waals surface area contributed by atoms with Crippen molar-refractivity contribution in [1.29, 1.82) is 0 Å². The lowest BCUT2D eigenvalue weighted by molar-refractivity contribution is -0.121. The molecule has 102 valence electrons. The number of aliphatic hydroxyl groups is 1. The molecular weight excluding hydrogens is 246 g/mol. The predicted molar refractivity (Wildman–Crippen MR) is 70.6 cm³/mol. The number of benzene rings is 1. The van der Waals surface area contributed by atoms with Crippen LogP contribution in [-0.4, -0.2) is 46.9 Å². The van der Waals surface area contributed by atoms with Crippen LogP contribution >= 0.6 is 0 Å². The summed E-state index contributed by atoms with van der Waals surface area (Å²) in [4.78, 5) is 15.9. The first kappa shape index (κ1) is 13.5. The highest BCUT2D eigenvalue weighted by molar-refractivity contribution is 5.80. The number of nitrogens with zero attached hydrogens (tertiary/aromatic N) is 2. The van der Waals surface area contributed by atoms with Gasteiger partial charge in [-0.3, -0.25) is 4.79 Å². The highest BCUT2D eigenvalue weighted by Crippen LogP contribution is 2.11. The van der Waals surface area contributed by atoms with Crippen molar-refractivity contribution in [2.75, 3.05) is 26.4 Å². The summed E-state index contributed by atoms with van der Waals surface area (Å²) < 4.78 is 6.86. The van der Waals surface area contributed by atoms with Gasteiger partial charge in [-0.15, -0.1) is 0 Å². The van der Waals surface area contributed by atoms with E-state index in [2.05, 4.69) is 10.3 Å². The van der Waals surface area contributed by atoms with E-state index < -0.39 is 0 Å². The molecule has 0 fully saturated rings. The number of para-hydroxylation sites is 2. The van der Waals surface area contributed by atoms with Gasteiger partial charge in [-0.05, 0) is 12.1 Å². The Morgan fingerprint density at radius 3 is 3.05 bits per heavy atom. The number of ether oxygens (including phenoxy) is 1. The number of amides is 1. The van der Waals surface area contributed by atoms with E-state index in [1.807, 2.05) is 24.3 Å². The smallest absolute Gasteiger partial charge is 0.240 e. The first-order chi connectivity index (χ1) is 9.31. The quantitative estimate of drug-likeness (QED) is 0.698. The Morgan fingerprint density at radius 2 is 2.21 bits per heavy atom. The zero-order valence-electron chi connectivity index (χ0n) is 10.6. The summed E-state index contributed by atoms with van der Waals surface area (Å²) in [6, 6.07) is 7.67. The number of aromatic nitrogens is 2. The van der Waals surface area contributed by atoms with E-state index in [1.165, 1.54) is 0 Å². The highest BCUT2D eigenvalue weighted by atomic mass is 16.5. The molecule has 1 heterocycles. The molecule has 2 N–H and O–H groups in total. The SMILES string of the molecule is O=C(Cn1cnc2ccccc21)NCCOCCO. The minimum Gasteiger partial charge on any atom is -0.394 e. The van der Waals surface area contributed by atoms with Gasteiger partial charge in [-0.1, -0.05) is 12.1 Å². The maximum atomic E-state index is 11.7. The summed E-state index contributed by atoms with van der Waals surface area (Å²) in [5, 5.41) is 11.3. The third-order valence-electron chi connectivity index (χ3n) is 2.65. The van der Waals surface area contributed by atoms with Crippen molar-refractivity contribution in [3.63, 3.8) is 0 Å². The summed E-state index contributed by atoms with van der Waals surface area (Å²) in [7, 11) is 0. The van der Waals surface area contributed by atoms with E-state index in [0.29, 0.717) is 19.8 Å². The Balaban J connectivity index is 1.82. The molecule has 0 aliphatic heterocycles. The molecule has 2 rings (SSSR count). The lowest BCUT2D eigenvalue weighted by atomic mass is 10.3. The van der Waals surface area contributed by atoms with Gasteiger partial charge in [-0.25, -0.2) is 4.98 Å². The van der Waals surface area contributed by atoms with Crippen LogP contribution in [0.3, 0.4) is 0 Å². The first-order valence-corrected chi connectivity index (χ1v) is 6.16. The number of carbonyl (C=O) groups is 1. The standard InChI is InChI=1S/C13H17N3O3/c17-6-8-19-7-5-14-13(18)9-16-10-15-11-3-1-2-4-12(11)16/h1-4,10,17H,5-9H2,(H,14,18). The van der Waals surface area contributed by atoms with Gasteiger partial charge in [0.1, 0.15) is 6.54 Å². The normalized spacial score (nSPS) is 10.8. The van der Waals surface area contributed by atoms with Gasteiger partial charge < -0.3 is 19.7 Å². The van der Waals surface area contributed by atoms with Crippen molar-refractivity contribution >= 4 is 16.9 Å². The minimum absolute atomic E-state index is 0.00499. The molecule has 0 unspecified atom stereocenters. The van der Waals surface area contributed by atoms with Crippen LogP contribution in [0, 0.1) is 0 Å². The summed E-state index contributed by atoms with van der Waals surface area (Å²) in [5.74, 6) is -0.0873. The maximum Gasteiger partial charge on any atom is 0.240 e. The molecule has 0 spiro atoms. The Morgan fingerprint density at radius 1 is 1.37 bits per heavy atom. The number of fused-ring (bicyclic) bond motifs is 1. The third-order valence-corrected chi connectivity index (χ3v) is 2.65. The van der Waals surface area contributed by atoms with Crippen LogP contribution in [0.4, 0.5) is 0 Å². The Labute approximate surface area is 111 Å². The molecule has 1 aromatic heterocycles. The fourth-order valence-electron chi connectivity index (χ4n) is 1.78. The average Bonchev–Trinajstić information content (AvgIpc) is 2.82. The highest BCUT2D eigenvalue weighted by Gasteiger charge is 2.06. The molecule has 19 heavy (non-hydrogen) atoms. The molecule has 0 radical (unpaired) electrons. The predicted octanol–water partition coefficient (Wildman–Crippen LogP) is 0.161. The molecule has 2 aromatic rings. The lowest BCUT2D eigenvalue weighted by Gasteiger charge is -2.07. The molecule has 1 aromatic carbocycles. The van der Waals surface area contributed by atoms with Crippen LogP contribution in [0.15, 0.2) is 30.6 Å². The summed E-state index contributed by atoms with van der Waals surface area (Å²) in [6.45, 7) is 1.36. The largest absolute Gasteiger partial charge is 0.394 e. The summed E-state index contributed by atoms with van der Waals surface area (Å²) in [5.41, 5.74) is 1.82. The van der Waals surface area contributed by atoms with Crippen LogP contribution in [0.5, 0.6) is 0 Å². The number of nitrogens with one attached hydrogen (secondary N) is 1. The van der Waals surface area contributed by atoms with Crippen molar-refractivity contribution in [2.24, 2.45) is 0 Å². The van der Waals surface area contributed by atoms with Crippen molar-refractivity contribution in [3.05, 3.63) is 30.6 Å². The van der Waals surface area contributed by atoms with Gasteiger partial charge in [0.15, 0.2) is 0 Å². The van der Waals surface area contributed by atoms with Crippen molar-refractivity contribution in [3.8, 4) is 0 Å². The molecule has 0 aliphatic carbocycles. The van der Waals surface area contributed by atoms with Crippen LogP contribution in [0.2, 0.25) is 0 Å². The minimum atomic E-state index is -0.0873. The number of aliphatic hydroxyl groups excluding tert-OH is 1. The van der Waals surface area contributed by atoms with Gasteiger partial charge in [0.2, 0.25) is 5.91 Å². The molecule has 0 saturated carbocycles. The van der Waals surface area contributed by atoms with Gasteiger partial charge in [0.05, 0.1) is 37.2 Å². The van der Waals surface area contributed by atoms with Gasteiger partial charge in [0, 0.05) is 6.54 Å². The zero-order chi connectivity index (χ0) is 13.5. The van der Waals surface area contributed by atoms with E-state index in [4.69, 9.17) is 9.84 Å². The number of hydrogen-bond donors (Lipinski definition) is 2. The van der Waals surface area contributed by atoms with Gasteiger partial charge in [-0.2, -0.15) is 0 Å². The molecule has 0 bridgehead atoms. The second-order valence-corrected chi connectivity index (χ2v) is 4.05. The Kier molecular flexibility index (Phi) is 4.88. The van der Waals surface area contributed by atoms with E-state index >= 15 is 0 Å². The Bertz CT molecular complexity index is 539. The lowest BCUT2D eigenvalue weighted by Crippen LogP contribution is -2.30. The number of hydrogen-bond acceptors (Lipinski definition) is 4. The molecule has 1 amide bonds. The fraction of sp³-hybridized carbons (Fsp3) is 0.385. The van der Waals surface area contributed by atoms with Crippen LogP contribution in [0.25, 0.3) is 11.0 Å². The van der Waals surface area contributed by atoms with Crippen LogP contribution in [-0.2, 0) is 16.1 Å². The number of rotatable bonds is 7. The van der Waals surface area contributed by atoms with Crippen molar-refractivity contribution in [2.45, 2.75) is 6.54 Å². The Hall–Kier alpha value is -1.92. The fourth-order valence-corrected chi connectivity index (χ4v) is 1.78. The monoisotopic (exact) mass is 263 g/mol. The average molecular weight is 263 g/mol. The summed E-state index contributed by atoms with van der Waals surface area (Å²) in [6.07, 6.45) is 1.66. The zero-order valence-corrected chi connectivity index (χ0v) is 10.6. The third kappa shape index (κ3) is 3.77. The molecule has 6 nitrogen and oxygen atoms in total. The molecule has 0 aliphatic rings. The summed E-state index contributed by atoms with van der Waals surface area (Å²) >= 11 is 0. The topological polar surface area (TPSA) is 76.4 Å². The number of carbonyl (C=O) groups excluding carboxylic acids is 1.